The third kappa shape index (κ3) is 2.83. The van der Waals surface area contributed by atoms with Crippen LogP contribution in [0.2, 0.25) is 0 Å². The second-order valence-electron chi connectivity index (χ2n) is 3.73. The van der Waals surface area contributed by atoms with Crippen molar-refractivity contribution in [1.29, 1.82) is 0 Å². The number of aromatic nitrogens is 4. The van der Waals surface area contributed by atoms with Crippen molar-refractivity contribution in [3.05, 3.63) is 12.7 Å². The Morgan fingerprint density at radius 3 is 3.00 bits per heavy atom. The monoisotopic (exact) mass is 346 g/mol. The maximum absolute atomic E-state index is 5.73. The van der Waals surface area contributed by atoms with Crippen molar-refractivity contribution in [1.82, 2.24) is 22.6 Å². The number of anilines is 1. The largest absolute Gasteiger partial charge is 0.382 e. The van der Waals surface area contributed by atoms with Gasteiger partial charge in [0, 0.05) is 42.5 Å². The molecule has 0 saturated carbocycles. The second kappa shape index (κ2) is 5.58. The predicted molar refractivity (Wildman–Crippen MR) is 75.6 cm³/mol. The van der Waals surface area contributed by atoms with Crippen LogP contribution >= 0.6 is 22.9 Å². The van der Waals surface area contributed by atoms with Crippen LogP contribution in [-0.4, -0.2) is 35.7 Å². The average molecular weight is 346 g/mol. The fourth-order valence-electron chi connectivity index (χ4n) is 1.63. The minimum Gasteiger partial charge on any atom is -0.382 e. The first-order valence-corrected chi connectivity index (χ1v) is 6.51. The molecule has 0 saturated heterocycles. The summed E-state index contributed by atoms with van der Waals surface area (Å²) in [7, 11) is 0. The average Bonchev–Trinajstić information content (AvgIpc) is 2.74. The smallest absolute Gasteiger partial charge is 0.165 e. The molecular formula is C10H15IN6. The number of fused-ring (bicyclic) bond motifs is 1. The van der Waals surface area contributed by atoms with Crippen LogP contribution in [0.15, 0.2) is 12.7 Å². The summed E-state index contributed by atoms with van der Waals surface area (Å²) in [4.78, 5) is 12.4. The molecule has 0 aliphatic rings. The van der Waals surface area contributed by atoms with E-state index >= 15 is 0 Å². The molecular weight excluding hydrogens is 331 g/mol. The Morgan fingerprint density at radius 1 is 1.41 bits per heavy atom. The van der Waals surface area contributed by atoms with Crippen LogP contribution in [0.25, 0.3) is 11.2 Å². The number of nitrogens with two attached hydrogens (primary N) is 1. The van der Waals surface area contributed by atoms with Gasteiger partial charge < -0.3 is 10.3 Å². The Bertz CT molecular complexity index is 497. The SMILES string of the molecule is CCN(I)CCCn1cnc2c(N)ncnc21. The normalized spacial score (nSPS) is 11.5. The van der Waals surface area contributed by atoms with Crippen LogP contribution < -0.4 is 5.73 Å². The molecule has 2 heterocycles. The number of rotatable bonds is 5. The van der Waals surface area contributed by atoms with E-state index in [2.05, 4.69) is 47.9 Å². The minimum absolute atomic E-state index is 0.442. The Morgan fingerprint density at radius 2 is 2.24 bits per heavy atom. The number of hydrogen-bond donors (Lipinski definition) is 1. The van der Waals surface area contributed by atoms with Crippen molar-refractivity contribution >= 4 is 39.8 Å². The van der Waals surface area contributed by atoms with Crippen LogP contribution in [-0.2, 0) is 6.54 Å². The lowest BCUT2D eigenvalue weighted by Crippen LogP contribution is -2.13. The van der Waals surface area contributed by atoms with Gasteiger partial charge in [-0.2, -0.15) is 0 Å². The molecule has 0 fully saturated rings. The fraction of sp³-hybridized carbons (Fsp3) is 0.500. The fourth-order valence-corrected chi connectivity index (χ4v) is 1.97. The van der Waals surface area contributed by atoms with E-state index in [-0.39, 0.29) is 0 Å². The lowest BCUT2D eigenvalue weighted by Gasteiger charge is -2.11. The van der Waals surface area contributed by atoms with Crippen molar-refractivity contribution in [3.8, 4) is 0 Å². The molecule has 0 amide bonds. The van der Waals surface area contributed by atoms with Crippen LogP contribution in [0.4, 0.5) is 5.82 Å². The number of imidazole rings is 1. The van der Waals surface area contributed by atoms with Gasteiger partial charge in [0.05, 0.1) is 6.33 Å². The van der Waals surface area contributed by atoms with E-state index in [9.17, 15) is 0 Å². The summed E-state index contributed by atoms with van der Waals surface area (Å²) in [5.41, 5.74) is 7.23. The Labute approximate surface area is 114 Å². The van der Waals surface area contributed by atoms with Crippen molar-refractivity contribution in [2.24, 2.45) is 0 Å². The Kier molecular flexibility index (Phi) is 4.11. The van der Waals surface area contributed by atoms with Gasteiger partial charge in [0.1, 0.15) is 11.8 Å². The van der Waals surface area contributed by atoms with Crippen molar-refractivity contribution < 1.29 is 0 Å². The first kappa shape index (κ1) is 12.5. The van der Waals surface area contributed by atoms with E-state index in [1.54, 1.807) is 6.33 Å². The summed E-state index contributed by atoms with van der Waals surface area (Å²) in [6.07, 6.45) is 4.32. The number of aryl methyl sites for hydroxylation is 1. The quantitative estimate of drug-likeness (QED) is 0.656. The number of hydrogen-bond acceptors (Lipinski definition) is 5. The summed E-state index contributed by atoms with van der Waals surface area (Å²) in [5.74, 6) is 0.442. The standard InChI is InChI=1S/C10H15IN6/c1-2-17(11)5-3-4-16-7-15-8-9(12)13-6-14-10(8)16/h6-7H,2-5H2,1H3,(H2,12,13,14). The first-order chi connectivity index (χ1) is 8.22. The summed E-state index contributed by atoms with van der Waals surface area (Å²) in [6, 6.07) is 0. The van der Waals surface area contributed by atoms with E-state index in [0.29, 0.717) is 11.3 Å². The van der Waals surface area contributed by atoms with Gasteiger partial charge in [0.15, 0.2) is 11.5 Å². The lowest BCUT2D eigenvalue weighted by atomic mass is 10.4. The predicted octanol–water partition coefficient (Wildman–Crippen LogP) is 1.47. The first-order valence-electron chi connectivity index (χ1n) is 5.54. The molecule has 0 aromatic carbocycles. The maximum Gasteiger partial charge on any atom is 0.165 e. The van der Waals surface area contributed by atoms with E-state index < -0.39 is 0 Å². The molecule has 92 valence electrons. The summed E-state index contributed by atoms with van der Waals surface area (Å²) >= 11 is 2.33. The number of nitrogen functional groups attached to an aromatic ring is 1. The summed E-state index contributed by atoms with van der Waals surface area (Å²) in [5, 5.41) is 0. The zero-order valence-corrected chi connectivity index (χ0v) is 11.8. The molecule has 0 atom stereocenters. The van der Waals surface area contributed by atoms with Gasteiger partial charge in [-0.05, 0) is 6.42 Å². The van der Waals surface area contributed by atoms with Crippen LogP contribution in [0, 0.1) is 0 Å². The third-order valence-corrected chi connectivity index (χ3v) is 3.74. The van der Waals surface area contributed by atoms with Gasteiger partial charge in [-0.25, -0.2) is 18.1 Å². The van der Waals surface area contributed by atoms with Gasteiger partial charge in [-0.3, -0.25) is 0 Å². The van der Waals surface area contributed by atoms with Gasteiger partial charge in [0.2, 0.25) is 0 Å². The minimum atomic E-state index is 0.442. The molecule has 17 heavy (non-hydrogen) atoms. The highest BCUT2D eigenvalue weighted by Gasteiger charge is 2.07. The molecule has 0 spiro atoms. The van der Waals surface area contributed by atoms with Crippen molar-refractivity contribution in [2.75, 3.05) is 18.8 Å². The Hall–Kier alpha value is -0.960. The van der Waals surface area contributed by atoms with E-state index in [4.69, 9.17) is 5.73 Å². The zero-order valence-electron chi connectivity index (χ0n) is 9.67. The summed E-state index contributed by atoms with van der Waals surface area (Å²) in [6.45, 7) is 5.15. The second-order valence-corrected chi connectivity index (χ2v) is 5.09. The van der Waals surface area contributed by atoms with Gasteiger partial charge in [0.25, 0.3) is 0 Å². The van der Waals surface area contributed by atoms with Crippen LogP contribution in [0.1, 0.15) is 13.3 Å². The number of halogens is 1. The topological polar surface area (TPSA) is 72.9 Å². The van der Waals surface area contributed by atoms with Gasteiger partial charge in [-0.15, -0.1) is 0 Å². The molecule has 0 bridgehead atoms. The van der Waals surface area contributed by atoms with Gasteiger partial charge >= 0.3 is 0 Å². The third-order valence-electron chi connectivity index (χ3n) is 2.57. The van der Waals surface area contributed by atoms with E-state index in [1.165, 1.54) is 6.33 Å². The number of nitrogens with zero attached hydrogens (tertiary/aromatic N) is 5. The maximum atomic E-state index is 5.73. The van der Waals surface area contributed by atoms with E-state index in [1.807, 2.05) is 4.57 Å². The van der Waals surface area contributed by atoms with Crippen molar-refractivity contribution in [2.45, 2.75) is 19.9 Å². The highest BCUT2D eigenvalue weighted by Crippen LogP contribution is 2.14. The van der Waals surface area contributed by atoms with Crippen LogP contribution in [0.5, 0.6) is 0 Å². The highest BCUT2D eigenvalue weighted by molar-refractivity contribution is 14.1. The molecule has 2 aromatic heterocycles. The molecule has 6 nitrogen and oxygen atoms in total. The van der Waals surface area contributed by atoms with Crippen molar-refractivity contribution in [3.63, 3.8) is 0 Å². The molecule has 0 radical (unpaired) electrons. The zero-order chi connectivity index (χ0) is 12.3. The van der Waals surface area contributed by atoms with Crippen LogP contribution in [0.3, 0.4) is 0 Å². The molecule has 7 heteroatoms. The lowest BCUT2D eigenvalue weighted by molar-refractivity contribution is 0.491. The molecule has 0 aliphatic heterocycles. The Balaban J connectivity index is 2.07. The van der Waals surface area contributed by atoms with E-state index in [0.717, 1.165) is 31.7 Å². The van der Waals surface area contributed by atoms with Gasteiger partial charge in [-0.1, -0.05) is 6.92 Å². The molecule has 2 aromatic rings. The molecule has 0 unspecified atom stereocenters. The highest BCUT2D eigenvalue weighted by atomic mass is 127. The molecule has 2 rings (SSSR count). The summed E-state index contributed by atoms with van der Waals surface area (Å²) < 4.78 is 4.27. The molecule has 2 N–H and O–H groups in total. The molecule has 0 aliphatic carbocycles.